The molecule has 2 aliphatic rings. The molecule has 5 rings (SSSR count). The van der Waals surface area contributed by atoms with Crippen molar-refractivity contribution in [2.24, 2.45) is 4.99 Å². The van der Waals surface area contributed by atoms with Gasteiger partial charge < -0.3 is 28.3 Å². The van der Waals surface area contributed by atoms with E-state index in [0.29, 0.717) is 34.7 Å². The number of benzene rings is 2. The van der Waals surface area contributed by atoms with Gasteiger partial charge in [0.15, 0.2) is 0 Å². The van der Waals surface area contributed by atoms with E-state index in [2.05, 4.69) is 0 Å². The summed E-state index contributed by atoms with van der Waals surface area (Å²) in [5.41, 5.74) is 2.57. The summed E-state index contributed by atoms with van der Waals surface area (Å²) in [6, 6.07) is 10.8. The lowest BCUT2D eigenvalue weighted by atomic mass is 10.0. The molecule has 3 heterocycles. The van der Waals surface area contributed by atoms with E-state index < -0.39 is 36.5 Å². The quantitative estimate of drug-likeness (QED) is 0.384. The third kappa shape index (κ3) is 5.45. The molecule has 1 saturated heterocycles. The van der Waals surface area contributed by atoms with Crippen LogP contribution in [0.2, 0.25) is 10.0 Å². The SMILES string of the molecule is COc1ccc2c(C3=N[C@@H]4C[C@H](OC(C)=O)[C@@H](COC(C)=O)O[C@@H]4O3)cn(Cc3ccc(Cl)cc3Cl)c2c1. The summed E-state index contributed by atoms with van der Waals surface area (Å²) in [5.74, 6) is 0.205. The molecule has 200 valence electrons. The summed E-state index contributed by atoms with van der Waals surface area (Å²) >= 11 is 12.5. The topological polar surface area (TPSA) is 97.6 Å². The van der Waals surface area contributed by atoms with Gasteiger partial charge in [-0.1, -0.05) is 29.3 Å². The molecule has 11 heteroatoms. The number of aliphatic imine (C=N–C) groups is 1. The fourth-order valence-corrected chi connectivity index (χ4v) is 5.18. The summed E-state index contributed by atoms with van der Waals surface area (Å²) in [6.07, 6.45) is 0.311. The Hall–Kier alpha value is -3.27. The standard InChI is InChI=1S/C27H26Cl2N2O7/c1-14(32)35-13-25-24(36-15(2)33)10-22-27(37-25)38-26(30-22)20-12-31(11-16-4-5-17(28)8-21(16)29)23-9-18(34-3)6-7-19(20)23/h4-9,12,22,24-25,27H,10-11,13H2,1-3H3/t22-,24+,25-,27-/m1/s1. The predicted molar refractivity (Wildman–Crippen MR) is 141 cm³/mol. The van der Waals surface area contributed by atoms with E-state index in [-0.39, 0.29) is 6.61 Å². The van der Waals surface area contributed by atoms with Crippen molar-refractivity contribution in [3.8, 4) is 5.75 Å². The first-order valence-corrected chi connectivity index (χ1v) is 12.8. The first-order chi connectivity index (χ1) is 18.2. The Kier molecular flexibility index (Phi) is 7.52. The number of esters is 2. The fraction of sp³-hybridized carbons (Fsp3) is 0.370. The minimum atomic E-state index is -0.709. The van der Waals surface area contributed by atoms with Crippen molar-refractivity contribution in [2.75, 3.05) is 13.7 Å². The summed E-state index contributed by atoms with van der Waals surface area (Å²) in [6.45, 7) is 3.05. The second kappa shape index (κ2) is 10.8. The van der Waals surface area contributed by atoms with Crippen molar-refractivity contribution in [1.29, 1.82) is 0 Å². The van der Waals surface area contributed by atoms with Gasteiger partial charge in [-0.2, -0.15) is 0 Å². The maximum Gasteiger partial charge on any atom is 0.302 e. The average Bonchev–Trinajstić information content (AvgIpc) is 3.44. The van der Waals surface area contributed by atoms with Crippen molar-refractivity contribution in [2.45, 2.75) is 51.4 Å². The Morgan fingerprint density at radius 2 is 1.95 bits per heavy atom. The zero-order valence-corrected chi connectivity index (χ0v) is 22.5. The predicted octanol–water partition coefficient (Wildman–Crippen LogP) is 4.76. The van der Waals surface area contributed by atoms with E-state index in [1.807, 2.05) is 35.0 Å². The summed E-state index contributed by atoms with van der Waals surface area (Å²) in [5, 5.41) is 2.03. The van der Waals surface area contributed by atoms with E-state index in [9.17, 15) is 9.59 Å². The van der Waals surface area contributed by atoms with Crippen LogP contribution in [-0.2, 0) is 35.1 Å². The Bertz CT molecular complexity index is 1420. The molecular weight excluding hydrogens is 535 g/mol. The smallest absolute Gasteiger partial charge is 0.302 e. The molecule has 0 saturated carbocycles. The lowest BCUT2D eigenvalue weighted by Crippen LogP contribution is -2.49. The highest BCUT2D eigenvalue weighted by atomic mass is 35.5. The number of carbonyl (C=O) groups is 2. The van der Waals surface area contributed by atoms with Gasteiger partial charge in [0.25, 0.3) is 0 Å². The van der Waals surface area contributed by atoms with E-state index in [4.69, 9.17) is 51.9 Å². The molecule has 0 unspecified atom stereocenters. The minimum absolute atomic E-state index is 0.0594. The lowest BCUT2D eigenvalue weighted by Gasteiger charge is -2.35. The number of carbonyl (C=O) groups excluding carboxylic acids is 2. The van der Waals surface area contributed by atoms with Crippen molar-refractivity contribution in [3.05, 3.63) is 63.8 Å². The van der Waals surface area contributed by atoms with Gasteiger partial charge >= 0.3 is 11.9 Å². The first-order valence-electron chi connectivity index (χ1n) is 12.0. The van der Waals surface area contributed by atoms with Gasteiger partial charge in [-0.05, 0) is 29.8 Å². The van der Waals surface area contributed by atoms with Crippen LogP contribution in [0.3, 0.4) is 0 Å². The van der Waals surface area contributed by atoms with Gasteiger partial charge in [0, 0.05) is 54.5 Å². The van der Waals surface area contributed by atoms with Crippen LogP contribution in [0.5, 0.6) is 5.75 Å². The molecule has 4 atom stereocenters. The molecule has 2 aliphatic heterocycles. The summed E-state index contributed by atoms with van der Waals surface area (Å²) in [7, 11) is 1.61. The zero-order valence-electron chi connectivity index (χ0n) is 21.0. The van der Waals surface area contributed by atoms with E-state index in [1.54, 1.807) is 19.2 Å². The van der Waals surface area contributed by atoms with Gasteiger partial charge in [-0.15, -0.1) is 0 Å². The van der Waals surface area contributed by atoms with Crippen molar-refractivity contribution < 1.29 is 33.3 Å². The third-order valence-electron chi connectivity index (χ3n) is 6.47. The second-order valence-corrected chi connectivity index (χ2v) is 9.98. The van der Waals surface area contributed by atoms with Gasteiger partial charge in [-0.25, -0.2) is 4.99 Å². The highest BCUT2D eigenvalue weighted by Gasteiger charge is 2.45. The highest BCUT2D eigenvalue weighted by molar-refractivity contribution is 6.35. The normalized spacial score (nSPS) is 22.4. The number of nitrogens with zero attached hydrogens (tertiary/aromatic N) is 2. The lowest BCUT2D eigenvalue weighted by molar-refractivity contribution is -0.215. The minimum Gasteiger partial charge on any atom is -0.497 e. The molecule has 2 aromatic carbocycles. The number of rotatable bonds is 7. The molecule has 0 amide bonds. The molecule has 0 bridgehead atoms. The van der Waals surface area contributed by atoms with Crippen LogP contribution in [-0.4, -0.2) is 60.7 Å². The molecule has 38 heavy (non-hydrogen) atoms. The first kappa shape index (κ1) is 26.3. The molecule has 0 aliphatic carbocycles. The van der Waals surface area contributed by atoms with Crippen molar-refractivity contribution in [3.63, 3.8) is 0 Å². The second-order valence-electron chi connectivity index (χ2n) is 9.14. The zero-order chi connectivity index (χ0) is 27.0. The van der Waals surface area contributed by atoms with E-state index >= 15 is 0 Å². The molecule has 1 fully saturated rings. The van der Waals surface area contributed by atoms with E-state index in [1.165, 1.54) is 13.8 Å². The van der Waals surface area contributed by atoms with Gasteiger partial charge in [0.05, 0.1) is 18.2 Å². The largest absolute Gasteiger partial charge is 0.497 e. The van der Waals surface area contributed by atoms with Crippen LogP contribution >= 0.6 is 23.2 Å². The molecule has 1 aromatic heterocycles. The Morgan fingerprint density at radius 3 is 2.66 bits per heavy atom. The molecule has 9 nitrogen and oxygen atoms in total. The summed E-state index contributed by atoms with van der Waals surface area (Å²) in [4.78, 5) is 27.8. The summed E-state index contributed by atoms with van der Waals surface area (Å²) < 4.78 is 30.3. The van der Waals surface area contributed by atoms with Gasteiger partial charge in [-0.3, -0.25) is 9.59 Å². The molecule has 3 aromatic rings. The number of hydrogen-bond donors (Lipinski definition) is 0. The maximum atomic E-state index is 11.7. The van der Waals surface area contributed by atoms with Crippen LogP contribution in [0.1, 0.15) is 31.4 Å². The number of ether oxygens (including phenoxy) is 5. The maximum absolute atomic E-state index is 11.7. The number of hydrogen-bond acceptors (Lipinski definition) is 8. The van der Waals surface area contributed by atoms with Crippen molar-refractivity contribution >= 4 is 51.9 Å². The van der Waals surface area contributed by atoms with Gasteiger partial charge in [0.2, 0.25) is 12.2 Å². The van der Waals surface area contributed by atoms with E-state index in [0.717, 1.165) is 22.0 Å². The van der Waals surface area contributed by atoms with Crippen LogP contribution in [0.15, 0.2) is 47.6 Å². The Morgan fingerprint density at radius 1 is 1.13 bits per heavy atom. The number of halogens is 2. The molecule has 0 spiro atoms. The Labute approximate surface area is 229 Å². The van der Waals surface area contributed by atoms with Gasteiger partial charge in [0.1, 0.15) is 30.6 Å². The van der Waals surface area contributed by atoms with Crippen LogP contribution < -0.4 is 4.74 Å². The number of aromatic nitrogens is 1. The van der Waals surface area contributed by atoms with Crippen LogP contribution in [0.4, 0.5) is 0 Å². The molecule has 0 N–H and O–H groups in total. The third-order valence-corrected chi connectivity index (χ3v) is 7.05. The Balaban J connectivity index is 1.47. The number of methoxy groups -OCH3 is 1. The molecular formula is C27H26Cl2N2O7. The highest BCUT2D eigenvalue weighted by Crippen LogP contribution is 2.35. The fourth-order valence-electron chi connectivity index (χ4n) is 4.71. The molecule has 0 radical (unpaired) electrons. The van der Waals surface area contributed by atoms with Crippen LogP contribution in [0, 0.1) is 0 Å². The monoisotopic (exact) mass is 560 g/mol. The van der Waals surface area contributed by atoms with Crippen molar-refractivity contribution in [1.82, 2.24) is 4.57 Å². The van der Waals surface area contributed by atoms with Crippen LogP contribution in [0.25, 0.3) is 10.9 Å². The number of fused-ring (bicyclic) bond motifs is 2. The average molecular weight is 561 g/mol.